The van der Waals surface area contributed by atoms with Crippen molar-refractivity contribution in [3.05, 3.63) is 5.89 Å². The van der Waals surface area contributed by atoms with Crippen LogP contribution in [0.4, 0.5) is 5.95 Å². The molecule has 0 saturated carbocycles. The molecule has 1 aliphatic rings. The first-order valence-corrected chi connectivity index (χ1v) is 6.55. The maximum Gasteiger partial charge on any atom is 0.266 e. The lowest BCUT2D eigenvalue weighted by molar-refractivity contribution is 0.366. The van der Waals surface area contributed by atoms with Crippen LogP contribution >= 0.6 is 0 Å². The molecular formula is C12H22N4O. The average Bonchev–Trinajstić information content (AvgIpc) is 2.80. The fraction of sp³-hybridized carbons (Fsp3) is 0.833. The zero-order valence-corrected chi connectivity index (χ0v) is 10.8. The highest BCUT2D eigenvalue weighted by Crippen LogP contribution is 2.20. The van der Waals surface area contributed by atoms with E-state index in [1.54, 1.807) is 0 Å². The molecule has 0 bridgehead atoms. The van der Waals surface area contributed by atoms with Gasteiger partial charge in [-0.15, -0.1) is 0 Å². The molecule has 5 heteroatoms. The molecule has 2 heterocycles. The third-order valence-corrected chi connectivity index (χ3v) is 3.31. The molecular weight excluding hydrogens is 216 g/mol. The minimum Gasteiger partial charge on any atom is -0.338 e. The molecule has 96 valence electrons. The first kappa shape index (κ1) is 12.4. The molecule has 0 unspecified atom stereocenters. The zero-order chi connectivity index (χ0) is 12.1. The number of aromatic nitrogens is 2. The van der Waals surface area contributed by atoms with Gasteiger partial charge < -0.3 is 14.7 Å². The highest BCUT2D eigenvalue weighted by atomic mass is 16.5. The van der Waals surface area contributed by atoms with Gasteiger partial charge in [0.2, 0.25) is 5.89 Å². The van der Waals surface area contributed by atoms with E-state index in [2.05, 4.69) is 27.3 Å². The first-order chi connectivity index (χ1) is 8.33. The van der Waals surface area contributed by atoms with Gasteiger partial charge in [0.05, 0.1) is 0 Å². The normalized spacial score (nSPS) is 17.6. The lowest BCUT2D eigenvalue weighted by Crippen LogP contribution is -2.37. The fourth-order valence-corrected chi connectivity index (χ4v) is 2.32. The largest absolute Gasteiger partial charge is 0.338 e. The van der Waals surface area contributed by atoms with Crippen molar-refractivity contribution in [1.29, 1.82) is 0 Å². The Bertz CT molecular complexity index is 331. The van der Waals surface area contributed by atoms with Gasteiger partial charge in [-0.25, -0.2) is 0 Å². The summed E-state index contributed by atoms with van der Waals surface area (Å²) in [6, 6.07) is 0. The summed E-state index contributed by atoms with van der Waals surface area (Å²) in [5, 5.41) is 7.30. The molecule has 0 amide bonds. The molecule has 1 N–H and O–H groups in total. The summed E-state index contributed by atoms with van der Waals surface area (Å²) in [7, 11) is 2.02. The Labute approximate surface area is 103 Å². The van der Waals surface area contributed by atoms with Crippen LogP contribution in [0.5, 0.6) is 0 Å². The predicted octanol–water partition coefficient (Wildman–Crippen LogP) is 1.46. The summed E-state index contributed by atoms with van der Waals surface area (Å²) >= 11 is 0. The minimum absolute atomic E-state index is 0.764. The maximum atomic E-state index is 5.22. The summed E-state index contributed by atoms with van der Waals surface area (Å²) in [5.41, 5.74) is 0. The Morgan fingerprint density at radius 1 is 1.41 bits per heavy atom. The van der Waals surface area contributed by atoms with Gasteiger partial charge in [-0.05, 0) is 43.9 Å². The maximum absolute atomic E-state index is 5.22. The van der Waals surface area contributed by atoms with Crippen LogP contribution < -0.4 is 10.2 Å². The van der Waals surface area contributed by atoms with Crippen LogP contribution in [-0.2, 0) is 6.42 Å². The van der Waals surface area contributed by atoms with E-state index in [-0.39, 0.29) is 0 Å². The quantitative estimate of drug-likeness (QED) is 0.841. The molecule has 0 atom stereocenters. The Kier molecular flexibility index (Phi) is 4.36. The van der Waals surface area contributed by atoms with Crippen molar-refractivity contribution >= 4 is 5.95 Å². The number of nitrogens with zero attached hydrogens (tertiary/aromatic N) is 3. The molecule has 2 rings (SSSR count). The number of hydrogen-bond donors (Lipinski definition) is 1. The number of aryl methyl sites for hydroxylation is 1. The Morgan fingerprint density at radius 3 is 2.82 bits per heavy atom. The van der Waals surface area contributed by atoms with Crippen molar-refractivity contribution < 1.29 is 4.52 Å². The van der Waals surface area contributed by atoms with Crippen molar-refractivity contribution in [3.8, 4) is 0 Å². The monoisotopic (exact) mass is 238 g/mol. The van der Waals surface area contributed by atoms with Crippen molar-refractivity contribution in [3.63, 3.8) is 0 Å². The molecule has 1 aromatic heterocycles. The zero-order valence-electron chi connectivity index (χ0n) is 10.8. The summed E-state index contributed by atoms with van der Waals surface area (Å²) < 4.78 is 5.22. The number of rotatable bonds is 5. The highest BCUT2D eigenvalue weighted by Gasteiger charge is 2.21. The number of nitrogens with one attached hydrogen (secondary N) is 1. The average molecular weight is 238 g/mol. The van der Waals surface area contributed by atoms with Crippen molar-refractivity contribution in [2.24, 2.45) is 5.92 Å². The van der Waals surface area contributed by atoms with Gasteiger partial charge in [-0.2, -0.15) is 4.98 Å². The molecule has 1 aromatic rings. The van der Waals surface area contributed by atoms with E-state index in [0.29, 0.717) is 0 Å². The summed E-state index contributed by atoms with van der Waals surface area (Å²) in [4.78, 5) is 6.66. The van der Waals surface area contributed by atoms with Crippen molar-refractivity contribution in [2.75, 3.05) is 31.6 Å². The lowest BCUT2D eigenvalue weighted by Gasteiger charge is -2.30. The molecule has 0 radical (unpaired) electrons. The lowest BCUT2D eigenvalue weighted by atomic mass is 9.97. The Morgan fingerprint density at radius 2 is 2.18 bits per heavy atom. The van der Waals surface area contributed by atoms with E-state index < -0.39 is 0 Å². The second-order valence-corrected chi connectivity index (χ2v) is 4.73. The van der Waals surface area contributed by atoms with Gasteiger partial charge in [0, 0.05) is 19.5 Å². The Balaban J connectivity index is 1.86. The van der Waals surface area contributed by atoms with Crippen LogP contribution in [0, 0.1) is 5.92 Å². The van der Waals surface area contributed by atoms with Crippen LogP contribution in [0.3, 0.4) is 0 Å². The van der Waals surface area contributed by atoms with E-state index in [1.165, 1.54) is 12.8 Å². The van der Waals surface area contributed by atoms with Gasteiger partial charge in [0.1, 0.15) is 0 Å². The molecule has 1 saturated heterocycles. The van der Waals surface area contributed by atoms with E-state index >= 15 is 0 Å². The second kappa shape index (κ2) is 6.00. The summed E-state index contributed by atoms with van der Waals surface area (Å²) in [6.07, 6.45) is 4.34. The SMILES string of the molecule is CCCc1nc(N2CCC(CNC)CC2)no1. The van der Waals surface area contributed by atoms with E-state index in [9.17, 15) is 0 Å². The highest BCUT2D eigenvalue weighted by molar-refractivity contribution is 5.28. The predicted molar refractivity (Wildman–Crippen MR) is 67.2 cm³/mol. The number of piperidine rings is 1. The summed E-state index contributed by atoms with van der Waals surface area (Å²) in [5.74, 6) is 2.33. The van der Waals surface area contributed by atoms with Gasteiger partial charge >= 0.3 is 0 Å². The van der Waals surface area contributed by atoms with Crippen LogP contribution in [0.1, 0.15) is 32.1 Å². The van der Waals surface area contributed by atoms with E-state index in [1.807, 2.05) is 7.05 Å². The first-order valence-electron chi connectivity index (χ1n) is 6.55. The van der Waals surface area contributed by atoms with Crippen LogP contribution in [0.15, 0.2) is 4.52 Å². The van der Waals surface area contributed by atoms with Crippen LogP contribution in [0.2, 0.25) is 0 Å². The topological polar surface area (TPSA) is 54.2 Å². The standard InChI is InChI=1S/C12H22N4O/c1-3-4-11-14-12(15-17-11)16-7-5-10(6-8-16)9-13-2/h10,13H,3-9H2,1-2H3. The van der Waals surface area contributed by atoms with Gasteiger partial charge in [-0.3, -0.25) is 0 Å². The minimum atomic E-state index is 0.764. The molecule has 5 nitrogen and oxygen atoms in total. The van der Waals surface area contributed by atoms with Gasteiger partial charge in [0.15, 0.2) is 0 Å². The van der Waals surface area contributed by atoms with E-state index in [4.69, 9.17) is 4.52 Å². The van der Waals surface area contributed by atoms with Crippen LogP contribution in [0.25, 0.3) is 0 Å². The van der Waals surface area contributed by atoms with Crippen molar-refractivity contribution in [1.82, 2.24) is 15.5 Å². The third-order valence-electron chi connectivity index (χ3n) is 3.31. The molecule has 17 heavy (non-hydrogen) atoms. The molecule has 0 aromatic carbocycles. The number of anilines is 1. The second-order valence-electron chi connectivity index (χ2n) is 4.73. The molecule has 1 aliphatic heterocycles. The molecule has 1 fully saturated rings. The fourth-order valence-electron chi connectivity index (χ4n) is 2.32. The van der Waals surface area contributed by atoms with Crippen molar-refractivity contribution in [2.45, 2.75) is 32.6 Å². The molecule has 0 spiro atoms. The third kappa shape index (κ3) is 3.19. The van der Waals surface area contributed by atoms with Gasteiger partial charge in [0.25, 0.3) is 5.95 Å². The Hall–Kier alpha value is -1.10. The number of hydrogen-bond acceptors (Lipinski definition) is 5. The molecule has 0 aliphatic carbocycles. The van der Waals surface area contributed by atoms with Crippen LogP contribution in [-0.4, -0.2) is 36.8 Å². The van der Waals surface area contributed by atoms with E-state index in [0.717, 1.165) is 50.2 Å². The van der Waals surface area contributed by atoms with Gasteiger partial charge in [-0.1, -0.05) is 6.92 Å². The summed E-state index contributed by atoms with van der Waals surface area (Å²) in [6.45, 7) is 5.31. The smallest absolute Gasteiger partial charge is 0.266 e.